The van der Waals surface area contributed by atoms with Gasteiger partial charge in [0.25, 0.3) is 11.5 Å². The van der Waals surface area contributed by atoms with Gasteiger partial charge in [0, 0.05) is 38.3 Å². The molecule has 1 aliphatic heterocycles. The predicted octanol–water partition coefficient (Wildman–Crippen LogP) is 3.23. The Labute approximate surface area is 140 Å². The first-order chi connectivity index (χ1) is 11.0. The lowest BCUT2D eigenvalue weighted by Crippen LogP contribution is -2.49. The highest BCUT2D eigenvalue weighted by atomic mass is 19.3. The van der Waals surface area contributed by atoms with Gasteiger partial charge >= 0.3 is 6.09 Å². The molecule has 0 radical (unpaired) electrons. The standard InChI is InChI=1S/C17H24F2N2O3/c1-5-20-10-12(6-7-14(20)22)13-11-21(9-8-17(13,18)19)15(23)24-16(2,3)4/h6-7,10,13H,5,8-9,11H2,1-4H3. The molecule has 2 heterocycles. The molecule has 1 amide bonds. The third kappa shape index (κ3) is 4.13. The van der Waals surface area contributed by atoms with Crippen LogP contribution in [0.5, 0.6) is 0 Å². The van der Waals surface area contributed by atoms with Crippen LogP contribution in [-0.2, 0) is 11.3 Å². The molecule has 1 atom stereocenters. The van der Waals surface area contributed by atoms with Crippen LogP contribution >= 0.6 is 0 Å². The molecule has 0 N–H and O–H groups in total. The molecule has 7 heteroatoms. The lowest BCUT2D eigenvalue weighted by molar-refractivity contribution is -0.0772. The summed E-state index contributed by atoms with van der Waals surface area (Å²) in [4.78, 5) is 25.2. The molecule has 0 bridgehead atoms. The maximum Gasteiger partial charge on any atom is 0.410 e. The van der Waals surface area contributed by atoms with E-state index < -0.39 is 30.0 Å². The minimum absolute atomic E-state index is 0.0498. The van der Waals surface area contributed by atoms with Crippen LogP contribution in [0.1, 0.15) is 45.6 Å². The third-order valence-corrected chi connectivity index (χ3v) is 4.03. The van der Waals surface area contributed by atoms with E-state index in [1.54, 1.807) is 27.7 Å². The maximum atomic E-state index is 14.4. The van der Waals surface area contributed by atoms with Crippen LogP contribution in [-0.4, -0.2) is 40.2 Å². The molecule has 1 aliphatic rings. The molecule has 2 rings (SSSR count). The Morgan fingerprint density at radius 1 is 1.38 bits per heavy atom. The topological polar surface area (TPSA) is 51.5 Å². The zero-order chi connectivity index (χ0) is 18.1. The van der Waals surface area contributed by atoms with Gasteiger partial charge in [-0.25, -0.2) is 13.6 Å². The highest BCUT2D eigenvalue weighted by Gasteiger charge is 2.46. The normalized spacial score (nSPS) is 20.8. The first-order valence-corrected chi connectivity index (χ1v) is 8.09. The number of ether oxygens (including phenoxy) is 1. The Morgan fingerprint density at radius 2 is 2.04 bits per heavy atom. The Morgan fingerprint density at radius 3 is 2.62 bits per heavy atom. The number of aryl methyl sites for hydroxylation is 1. The highest BCUT2D eigenvalue weighted by molar-refractivity contribution is 5.68. The second-order valence-corrected chi connectivity index (χ2v) is 7.08. The summed E-state index contributed by atoms with van der Waals surface area (Å²) in [6.45, 7) is 7.20. The zero-order valence-electron chi connectivity index (χ0n) is 14.5. The van der Waals surface area contributed by atoms with Gasteiger partial charge in [0.15, 0.2) is 0 Å². The summed E-state index contributed by atoms with van der Waals surface area (Å²) in [6, 6.07) is 2.72. The molecule has 0 aliphatic carbocycles. The van der Waals surface area contributed by atoms with E-state index in [0.717, 1.165) is 0 Å². The lowest BCUT2D eigenvalue weighted by atomic mass is 9.88. The van der Waals surface area contributed by atoms with Crippen molar-refractivity contribution in [2.45, 2.75) is 58.1 Å². The van der Waals surface area contributed by atoms with Gasteiger partial charge < -0.3 is 14.2 Å². The summed E-state index contributed by atoms with van der Waals surface area (Å²) in [5.74, 6) is -4.09. The van der Waals surface area contributed by atoms with Crippen LogP contribution in [0.4, 0.5) is 13.6 Å². The zero-order valence-corrected chi connectivity index (χ0v) is 14.5. The first-order valence-electron chi connectivity index (χ1n) is 8.09. The molecular formula is C17H24F2N2O3. The smallest absolute Gasteiger partial charge is 0.410 e. The van der Waals surface area contributed by atoms with Crippen molar-refractivity contribution in [1.29, 1.82) is 0 Å². The summed E-state index contributed by atoms with van der Waals surface area (Å²) in [6.07, 6.45) is 0.439. The first kappa shape index (κ1) is 18.4. The maximum absolute atomic E-state index is 14.4. The fraction of sp³-hybridized carbons (Fsp3) is 0.647. The molecule has 24 heavy (non-hydrogen) atoms. The molecule has 0 aromatic carbocycles. The minimum atomic E-state index is -2.94. The van der Waals surface area contributed by atoms with E-state index >= 15 is 0 Å². The number of pyridine rings is 1. The second kappa shape index (κ2) is 6.53. The third-order valence-electron chi connectivity index (χ3n) is 4.03. The van der Waals surface area contributed by atoms with Crippen molar-refractivity contribution in [3.05, 3.63) is 34.2 Å². The largest absolute Gasteiger partial charge is 0.444 e. The van der Waals surface area contributed by atoms with Crippen molar-refractivity contribution in [3.8, 4) is 0 Å². The number of carbonyl (C=O) groups is 1. The van der Waals surface area contributed by atoms with Gasteiger partial charge in [0.05, 0.1) is 5.92 Å². The summed E-state index contributed by atoms with van der Waals surface area (Å²) < 4.78 is 35.5. The van der Waals surface area contributed by atoms with Crippen molar-refractivity contribution in [3.63, 3.8) is 0 Å². The number of aromatic nitrogens is 1. The van der Waals surface area contributed by atoms with Gasteiger partial charge in [-0.15, -0.1) is 0 Å². The number of piperidine rings is 1. The molecule has 1 unspecified atom stereocenters. The van der Waals surface area contributed by atoms with E-state index in [-0.39, 0.29) is 18.6 Å². The lowest BCUT2D eigenvalue weighted by Gasteiger charge is -2.39. The average molecular weight is 342 g/mol. The van der Waals surface area contributed by atoms with Crippen LogP contribution in [0, 0.1) is 0 Å². The van der Waals surface area contributed by atoms with Gasteiger partial charge in [-0.3, -0.25) is 4.79 Å². The number of hydrogen-bond donors (Lipinski definition) is 0. The van der Waals surface area contributed by atoms with Gasteiger partial charge in [-0.05, 0) is 33.3 Å². The number of alkyl halides is 2. The van der Waals surface area contributed by atoms with Crippen molar-refractivity contribution in [2.75, 3.05) is 13.1 Å². The fourth-order valence-corrected chi connectivity index (χ4v) is 2.75. The molecule has 5 nitrogen and oxygen atoms in total. The van der Waals surface area contributed by atoms with Crippen LogP contribution in [0.25, 0.3) is 0 Å². The van der Waals surface area contributed by atoms with Crippen LogP contribution < -0.4 is 5.56 Å². The number of amides is 1. The Kier molecular flexibility index (Phi) is 5.01. The monoisotopic (exact) mass is 342 g/mol. The number of nitrogens with zero attached hydrogens (tertiary/aromatic N) is 2. The number of carbonyl (C=O) groups excluding carboxylic acids is 1. The van der Waals surface area contributed by atoms with E-state index in [2.05, 4.69) is 0 Å². The second-order valence-electron chi connectivity index (χ2n) is 7.08. The quantitative estimate of drug-likeness (QED) is 0.829. The van der Waals surface area contributed by atoms with Gasteiger partial charge in [-0.1, -0.05) is 6.07 Å². The Bertz CT molecular complexity index is 665. The summed E-state index contributed by atoms with van der Waals surface area (Å²) in [5.41, 5.74) is -0.554. The van der Waals surface area contributed by atoms with Crippen molar-refractivity contribution >= 4 is 6.09 Å². The Hall–Kier alpha value is -1.92. The van der Waals surface area contributed by atoms with Crippen LogP contribution in [0.15, 0.2) is 23.1 Å². The van der Waals surface area contributed by atoms with Crippen molar-refractivity contribution in [2.24, 2.45) is 0 Å². The number of likely N-dealkylation sites (tertiary alicyclic amines) is 1. The Balaban J connectivity index is 2.26. The molecule has 1 saturated heterocycles. The van der Waals surface area contributed by atoms with E-state index in [1.165, 1.54) is 27.8 Å². The van der Waals surface area contributed by atoms with Crippen molar-refractivity contribution < 1.29 is 18.3 Å². The van der Waals surface area contributed by atoms with E-state index in [4.69, 9.17) is 4.74 Å². The van der Waals surface area contributed by atoms with E-state index in [1.807, 2.05) is 0 Å². The van der Waals surface area contributed by atoms with Gasteiger partial charge in [0.1, 0.15) is 5.60 Å². The molecule has 134 valence electrons. The number of rotatable bonds is 2. The van der Waals surface area contributed by atoms with Gasteiger partial charge in [0.2, 0.25) is 0 Å². The van der Waals surface area contributed by atoms with Crippen LogP contribution in [0.2, 0.25) is 0 Å². The summed E-state index contributed by atoms with van der Waals surface area (Å²) >= 11 is 0. The molecule has 0 spiro atoms. The van der Waals surface area contributed by atoms with E-state index in [0.29, 0.717) is 12.1 Å². The molecule has 0 saturated carbocycles. The molecule has 1 aromatic rings. The number of hydrogen-bond acceptors (Lipinski definition) is 3. The molecule has 1 aromatic heterocycles. The highest BCUT2D eigenvalue weighted by Crippen LogP contribution is 2.40. The van der Waals surface area contributed by atoms with E-state index in [9.17, 15) is 18.4 Å². The summed E-state index contributed by atoms with van der Waals surface area (Å²) in [7, 11) is 0. The summed E-state index contributed by atoms with van der Waals surface area (Å²) in [5, 5.41) is 0. The molecular weight excluding hydrogens is 318 g/mol. The average Bonchev–Trinajstić information content (AvgIpc) is 2.46. The van der Waals surface area contributed by atoms with Gasteiger partial charge in [-0.2, -0.15) is 0 Å². The predicted molar refractivity (Wildman–Crippen MR) is 86.5 cm³/mol. The van der Waals surface area contributed by atoms with Crippen LogP contribution in [0.3, 0.4) is 0 Å². The molecule has 1 fully saturated rings. The minimum Gasteiger partial charge on any atom is -0.444 e. The van der Waals surface area contributed by atoms with Crippen molar-refractivity contribution in [1.82, 2.24) is 9.47 Å². The fourth-order valence-electron chi connectivity index (χ4n) is 2.75. The SMILES string of the molecule is CCn1cc(C2CN(C(=O)OC(C)(C)C)CCC2(F)F)ccc1=O. The number of halogens is 2.